The maximum Gasteiger partial charge on any atom is 0.267 e. The molecule has 37 heavy (non-hydrogen) atoms. The molecule has 10 heteroatoms. The molecule has 4 aromatic rings. The lowest BCUT2D eigenvalue weighted by atomic mass is 10.1. The summed E-state index contributed by atoms with van der Waals surface area (Å²) in [6, 6.07) is 12.4. The van der Waals surface area contributed by atoms with Gasteiger partial charge in [0.1, 0.15) is 16.8 Å². The Kier molecular flexibility index (Phi) is 6.91. The molecule has 0 saturated carbocycles. The van der Waals surface area contributed by atoms with Gasteiger partial charge in [-0.15, -0.1) is 0 Å². The average molecular weight is 504 g/mol. The van der Waals surface area contributed by atoms with E-state index in [-0.39, 0.29) is 28.1 Å². The second-order valence-corrected chi connectivity index (χ2v) is 8.93. The number of benzene rings is 1. The minimum atomic E-state index is -0.425. The third-order valence-electron chi connectivity index (χ3n) is 6.62. The lowest BCUT2D eigenvalue weighted by Crippen LogP contribution is -2.37. The zero-order valence-electron chi connectivity index (χ0n) is 20.8. The fourth-order valence-corrected chi connectivity index (χ4v) is 4.68. The van der Waals surface area contributed by atoms with E-state index in [1.807, 2.05) is 18.2 Å². The van der Waals surface area contributed by atoms with Crippen LogP contribution in [-0.2, 0) is 17.7 Å². The Morgan fingerprint density at radius 3 is 2.78 bits per heavy atom. The van der Waals surface area contributed by atoms with Crippen molar-refractivity contribution in [3.63, 3.8) is 0 Å². The Morgan fingerprint density at radius 1 is 1.19 bits per heavy atom. The van der Waals surface area contributed by atoms with Crippen LogP contribution in [0.4, 0.5) is 0 Å². The molecule has 0 spiro atoms. The van der Waals surface area contributed by atoms with E-state index in [4.69, 9.17) is 19.6 Å². The van der Waals surface area contributed by atoms with Gasteiger partial charge in [-0.2, -0.15) is 0 Å². The second kappa shape index (κ2) is 10.4. The zero-order chi connectivity index (χ0) is 25.9. The summed E-state index contributed by atoms with van der Waals surface area (Å²) in [6.07, 6.45) is 3.88. The molecule has 0 radical (unpaired) electrons. The van der Waals surface area contributed by atoms with Crippen molar-refractivity contribution >= 4 is 22.6 Å². The van der Waals surface area contributed by atoms with E-state index >= 15 is 0 Å². The van der Waals surface area contributed by atoms with E-state index in [0.717, 1.165) is 18.4 Å². The molecule has 0 unspecified atom stereocenters. The summed E-state index contributed by atoms with van der Waals surface area (Å²) in [5.74, 6) is 0.823. The van der Waals surface area contributed by atoms with Gasteiger partial charge in [-0.05, 0) is 55.2 Å². The number of carbonyl (C=O) groups excluding carboxylic acids is 1. The molecule has 1 aromatic carbocycles. The molecular formula is C27H29N5O5. The Bertz CT molecular complexity index is 1590. The molecule has 1 aliphatic heterocycles. The molecule has 4 heterocycles. The summed E-state index contributed by atoms with van der Waals surface area (Å²) in [4.78, 5) is 31.2. The lowest BCUT2D eigenvalue weighted by Gasteiger charge is -2.17. The molecule has 1 amide bonds. The van der Waals surface area contributed by atoms with Crippen LogP contribution in [0.15, 0.2) is 53.5 Å². The van der Waals surface area contributed by atoms with Gasteiger partial charge in [0.2, 0.25) is 0 Å². The third-order valence-corrected chi connectivity index (χ3v) is 6.62. The molecule has 10 nitrogen and oxygen atoms in total. The molecule has 5 rings (SSSR count). The van der Waals surface area contributed by atoms with Crippen molar-refractivity contribution in [3.05, 3.63) is 75.6 Å². The van der Waals surface area contributed by atoms with Gasteiger partial charge in [-0.1, -0.05) is 12.1 Å². The van der Waals surface area contributed by atoms with Crippen LogP contribution in [0.1, 0.15) is 28.8 Å². The number of ether oxygens (including phenoxy) is 3. The van der Waals surface area contributed by atoms with Gasteiger partial charge in [-0.3, -0.25) is 19.4 Å². The van der Waals surface area contributed by atoms with Crippen LogP contribution in [0.5, 0.6) is 11.5 Å². The number of hydrogen-bond acceptors (Lipinski definition) is 7. The number of fused-ring (bicyclic) bond motifs is 2. The summed E-state index contributed by atoms with van der Waals surface area (Å²) < 4.78 is 19.5. The first kappa shape index (κ1) is 24.5. The van der Waals surface area contributed by atoms with E-state index in [1.165, 1.54) is 10.5 Å². The Labute approximate surface area is 212 Å². The first-order chi connectivity index (χ1) is 18.0. The van der Waals surface area contributed by atoms with Crippen LogP contribution in [0.2, 0.25) is 0 Å². The lowest BCUT2D eigenvalue weighted by molar-refractivity contribution is 0.0933. The van der Waals surface area contributed by atoms with Crippen LogP contribution in [0.3, 0.4) is 0 Å². The predicted octanol–water partition coefficient (Wildman–Crippen LogP) is 2.30. The van der Waals surface area contributed by atoms with Crippen LogP contribution >= 0.6 is 0 Å². The van der Waals surface area contributed by atoms with Crippen LogP contribution in [0, 0.1) is 5.41 Å². The van der Waals surface area contributed by atoms with E-state index in [9.17, 15) is 9.59 Å². The van der Waals surface area contributed by atoms with Crippen molar-refractivity contribution in [2.24, 2.45) is 0 Å². The fraction of sp³-hybridized carbons (Fsp3) is 0.333. The van der Waals surface area contributed by atoms with Crippen molar-refractivity contribution in [2.45, 2.75) is 31.9 Å². The highest BCUT2D eigenvalue weighted by atomic mass is 16.5. The predicted molar refractivity (Wildman–Crippen MR) is 137 cm³/mol. The Balaban J connectivity index is 1.48. The van der Waals surface area contributed by atoms with Crippen molar-refractivity contribution in [2.75, 3.05) is 27.4 Å². The number of nitrogens with zero attached hydrogens (tertiary/aromatic N) is 3. The molecular weight excluding hydrogens is 474 g/mol. The van der Waals surface area contributed by atoms with E-state index in [2.05, 4.69) is 10.3 Å². The van der Waals surface area contributed by atoms with E-state index in [1.54, 1.807) is 43.2 Å². The fourth-order valence-electron chi connectivity index (χ4n) is 4.68. The highest BCUT2D eigenvalue weighted by Gasteiger charge is 2.22. The number of aromatic nitrogens is 3. The van der Waals surface area contributed by atoms with Gasteiger partial charge in [0, 0.05) is 19.3 Å². The second-order valence-electron chi connectivity index (χ2n) is 8.93. The zero-order valence-corrected chi connectivity index (χ0v) is 20.8. The van der Waals surface area contributed by atoms with Gasteiger partial charge >= 0.3 is 0 Å². The topological polar surface area (TPSA) is 120 Å². The number of carbonyl (C=O) groups is 1. The largest absolute Gasteiger partial charge is 0.493 e. The van der Waals surface area contributed by atoms with Gasteiger partial charge in [0.15, 0.2) is 11.5 Å². The number of pyridine rings is 2. The molecule has 0 bridgehead atoms. The summed E-state index contributed by atoms with van der Waals surface area (Å²) in [5, 5.41) is 12.0. The van der Waals surface area contributed by atoms with E-state index < -0.39 is 5.91 Å². The Morgan fingerprint density at radius 2 is 2.03 bits per heavy atom. The monoisotopic (exact) mass is 503 g/mol. The number of nitrogens with one attached hydrogen (secondary N) is 2. The summed E-state index contributed by atoms with van der Waals surface area (Å²) in [5.41, 5.74) is 1.64. The van der Waals surface area contributed by atoms with Crippen LogP contribution < -0.4 is 25.8 Å². The minimum Gasteiger partial charge on any atom is -0.493 e. The minimum absolute atomic E-state index is 0.00111. The SMILES string of the molecule is COc1ccc(CCNC(=O)c2cc3c(=O)n4ccccc4nc3n(C[C@H]3CCCO3)c2=N)cc1OC. The standard InChI is InChI=1S/C27H29N5O5/c1-35-21-9-8-17(14-22(21)36-2)10-11-29-26(33)19-15-20-25(30-23-7-3-4-12-31(23)27(20)34)32(24(19)28)16-18-6-5-13-37-18/h3-4,7-9,12,14-15,18,28H,5-6,10-11,13,16H2,1-2H3,(H,29,33)/t18-/m1/s1. The summed E-state index contributed by atoms with van der Waals surface area (Å²) in [6.45, 7) is 1.34. The Hall–Kier alpha value is -4.18. The highest BCUT2D eigenvalue weighted by molar-refractivity contribution is 5.96. The molecule has 2 N–H and O–H groups in total. The van der Waals surface area contributed by atoms with Gasteiger partial charge in [0.05, 0.1) is 37.8 Å². The summed E-state index contributed by atoms with van der Waals surface area (Å²) >= 11 is 0. The quantitative estimate of drug-likeness (QED) is 0.356. The molecule has 1 aliphatic rings. The average Bonchev–Trinajstić information content (AvgIpc) is 3.43. The van der Waals surface area contributed by atoms with Crippen molar-refractivity contribution in [1.82, 2.24) is 19.3 Å². The van der Waals surface area contributed by atoms with Crippen molar-refractivity contribution in [3.8, 4) is 11.5 Å². The molecule has 1 fully saturated rings. The van der Waals surface area contributed by atoms with Crippen LogP contribution in [0.25, 0.3) is 16.7 Å². The molecule has 1 saturated heterocycles. The highest BCUT2D eigenvalue weighted by Crippen LogP contribution is 2.27. The first-order valence-corrected chi connectivity index (χ1v) is 12.2. The molecule has 1 atom stereocenters. The maximum absolute atomic E-state index is 13.3. The van der Waals surface area contributed by atoms with Crippen molar-refractivity contribution < 1.29 is 19.0 Å². The number of amides is 1. The van der Waals surface area contributed by atoms with Gasteiger partial charge < -0.3 is 24.1 Å². The first-order valence-electron chi connectivity index (χ1n) is 12.2. The molecule has 0 aliphatic carbocycles. The van der Waals surface area contributed by atoms with Crippen molar-refractivity contribution in [1.29, 1.82) is 5.41 Å². The normalized spacial score (nSPS) is 15.2. The smallest absolute Gasteiger partial charge is 0.267 e. The van der Waals surface area contributed by atoms with Gasteiger partial charge in [-0.25, -0.2) is 4.98 Å². The van der Waals surface area contributed by atoms with Gasteiger partial charge in [0.25, 0.3) is 11.5 Å². The number of hydrogen-bond donors (Lipinski definition) is 2. The molecule has 3 aromatic heterocycles. The maximum atomic E-state index is 13.3. The number of rotatable bonds is 8. The summed E-state index contributed by atoms with van der Waals surface area (Å²) in [7, 11) is 3.15. The van der Waals surface area contributed by atoms with E-state index in [0.29, 0.717) is 48.9 Å². The molecule has 192 valence electrons. The third kappa shape index (κ3) is 4.79. The number of methoxy groups -OCH3 is 2. The van der Waals surface area contributed by atoms with Crippen LogP contribution in [-0.4, -0.2) is 53.3 Å².